The predicted octanol–water partition coefficient (Wildman–Crippen LogP) is 2.57. The van der Waals surface area contributed by atoms with Crippen molar-refractivity contribution in [2.75, 3.05) is 18.2 Å². The average Bonchev–Trinajstić information content (AvgIpc) is 3.44. The maximum atomic E-state index is 13.4. The number of hydrogen-bond donors (Lipinski definition) is 2. The van der Waals surface area contributed by atoms with E-state index in [4.69, 9.17) is 0 Å². The first-order valence-electron chi connectivity index (χ1n) is 10.3. The molecule has 0 bridgehead atoms. The van der Waals surface area contributed by atoms with Crippen LogP contribution >= 0.6 is 11.8 Å². The van der Waals surface area contributed by atoms with E-state index < -0.39 is 41.6 Å². The topological polar surface area (TPSA) is 96.3 Å². The van der Waals surface area contributed by atoms with Gasteiger partial charge in [0.1, 0.15) is 17.6 Å². The number of benzene rings is 1. The van der Waals surface area contributed by atoms with Crippen LogP contribution in [0.25, 0.3) is 0 Å². The van der Waals surface area contributed by atoms with Crippen molar-refractivity contribution in [3.63, 3.8) is 0 Å². The molecule has 34 heavy (non-hydrogen) atoms. The van der Waals surface area contributed by atoms with Crippen LogP contribution in [0.4, 0.5) is 17.6 Å². The SMILES string of the molecule is CCn1nc(C(F)(F)F)cc1C(=O)NCC(NC(=O)[C@@H]1CSCN1C(C)=O)c1ccc(F)cc1. The first kappa shape index (κ1) is 25.5. The van der Waals surface area contributed by atoms with E-state index in [0.717, 1.165) is 4.68 Å². The summed E-state index contributed by atoms with van der Waals surface area (Å²) < 4.78 is 53.4. The molecule has 1 saturated heterocycles. The lowest BCUT2D eigenvalue weighted by Gasteiger charge is -2.25. The van der Waals surface area contributed by atoms with Crippen molar-refractivity contribution in [3.8, 4) is 0 Å². The zero-order valence-corrected chi connectivity index (χ0v) is 19.2. The van der Waals surface area contributed by atoms with Crippen LogP contribution in [0.15, 0.2) is 30.3 Å². The van der Waals surface area contributed by atoms with E-state index in [-0.39, 0.29) is 24.7 Å². The van der Waals surface area contributed by atoms with Crippen LogP contribution in [0.1, 0.15) is 41.6 Å². The maximum absolute atomic E-state index is 13.4. The largest absolute Gasteiger partial charge is 0.435 e. The molecule has 2 N–H and O–H groups in total. The van der Waals surface area contributed by atoms with Gasteiger partial charge in [-0.3, -0.25) is 19.1 Å². The van der Waals surface area contributed by atoms with E-state index in [1.54, 1.807) is 6.92 Å². The van der Waals surface area contributed by atoms with Gasteiger partial charge in [0, 0.05) is 31.8 Å². The zero-order valence-electron chi connectivity index (χ0n) is 18.4. The second-order valence-corrected chi connectivity index (χ2v) is 8.56. The fourth-order valence-corrected chi connectivity index (χ4v) is 4.67. The monoisotopic (exact) mass is 501 g/mol. The highest BCUT2D eigenvalue weighted by atomic mass is 32.2. The number of aryl methyl sites for hydroxylation is 1. The third-order valence-electron chi connectivity index (χ3n) is 5.25. The van der Waals surface area contributed by atoms with Crippen molar-refractivity contribution in [3.05, 3.63) is 53.1 Å². The molecule has 13 heteroatoms. The number of rotatable bonds is 7. The Hall–Kier alpha value is -3.09. The summed E-state index contributed by atoms with van der Waals surface area (Å²) in [5.41, 5.74) is -1.00. The molecule has 0 saturated carbocycles. The molecule has 1 fully saturated rings. The lowest BCUT2D eigenvalue weighted by molar-refractivity contribution is -0.141. The molecular weight excluding hydrogens is 478 g/mol. The Labute approximate surface area is 197 Å². The van der Waals surface area contributed by atoms with Gasteiger partial charge in [-0.25, -0.2) is 4.39 Å². The molecule has 1 unspecified atom stereocenters. The molecule has 3 rings (SSSR count). The second kappa shape index (κ2) is 10.5. The van der Waals surface area contributed by atoms with Gasteiger partial charge in [0.15, 0.2) is 5.69 Å². The van der Waals surface area contributed by atoms with Crippen LogP contribution in [-0.4, -0.2) is 56.6 Å². The Morgan fingerprint density at radius 1 is 1.24 bits per heavy atom. The molecule has 1 aromatic heterocycles. The molecule has 0 aliphatic carbocycles. The third-order valence-corrected chi connectivity index (χ3v) is 6.26. The van der Waals surface area contributed by atoms with Crippen LogP contribution < -0.4 is 10.6 Å². The summed E-state index contributed by atoms with van der Waals surface area (Å²) in [7, 11) is 0. The van der Waals surface area contributed by atoms with Crippen molar-refractivity contribution in [1.29, 1.82) is 0 Å². The van der Waals surface area contributed by atoms with Gasteiger partial charge in [0.05, 0.1) is 11.9 Å². The van der Waals surface area contributed by atoms with Crippen molar-refractivity contribution in [2.24, 2.45) is 0 Å². The summed E-state index contributed by atoms with van der Waals surface area (Å²) >= 11 is 1.42. The minimum Gasteiger partial charge on any atom is -0.348 e. The average molecular weight is 502 g/mol. The third kappa shape index (κ3) is 5.88. The second-order valence-electron chi connectivity index (χ2n) is 7.56. The summed E-state index contributed by atoms with van der Waals surface area (Å²) in [4.78, 5) is 38.8. The van der Waals surface area contributed by atoms with E-state index in [0.29, 0.717) is 23.3 Å². The van der Waals surface area contributed by atoms with Gasteiger partial charge in [-0.15, -0.1) is 11.8 Å². The Morgan fingerprint density at radius 2 is 1.91 bits per heavy atom. The molecule has 8 nitrogen and oxygen atoms in total. The number of nitrogens with zero attached hydrogens (tertiary/aromatic N) is 3. The number of carbonyl (C=O) groups excluding carboxylic acids is 3. The van der Waals surface area contributed by atoms with Crippen LogP contribution in [0, 0.1) is 5.82 Å². The highest BCUT2D eigenvalue weighted by molar-refractivity contribution is 7.99. The number of carbonyl (C=O) groups is 3. The molecule has 1 aromatic carbocycles. The van der Waals surface area contributed by atoms with Crippen LogP contribution in [-0.2, 0) is 22.3 Å². The summed E-state index contributed by atoms with van der Waals surface area (Å²) in [5, 5.41) is 8.70. The van der Waals surface area contributed by atoms with Gasteiger partial charge in [-0.1, -0.05) is 12.1 Å². The first-order chi connectivity index (χ1) is 16.0. The van der Waals surface area contributed by atoms with Gasteiger partial charge in [-0.2, -0.15) is 18.3 Å². The maximum Gasteiger partial charge on any atom is 0.435 e. The number of amides is 3. The number of nitrogens with one attached hydrogen (secondary N) is 2. The van der Waals surface area contributed by atoms with Gasteiger partial charge >= 0.3 is 6.18 Å². The van der Waals surface area contributed by atoms with Crippen molar-refractivity contribution in [2.45, 2.75) is 38.7 Å². The molecular formula is C21H23F4N5O3S. The number of halogens is 4. The molecule has 0 radical (unpaired) electrons. The van der Waals surface area contributed by atoms with Crippen molar-refractivity contribution < 1.29 is 31.9 Å². The van der Waals surface area contributed by atoms with Gasteiger partial charge in [0.2, 0.25) is 11.8 Å². The minimum absolute atomic E-state index is 0.0389. The lowest BCUT2D eigenvalue weighted by Crippen LogP contribution is -2.49. The predicted molar refractivity (Wildman–Crippen MR) is 116 cm³/mol. The van der Waals surface area contributed by atoms with Crippen LogP contribution in [0.5, 0.6) is 0 Å². The highest BCUT2D eigenvalue weighted by Crippen LogP contribution is 2.28. The molecule has 2 heterocycles. The van der Waals surface area contributed by atoms with Gasteiger partial charge in [-0.05, 0) is 24.6 Å². The molecule has 1 aliphatic rings. The number of thioether (sulfide) groups is 1. The van der Waals surface area contributed by atoms with E-state index in [1.807, 2.05) is 0 Å². The van der Waals surface area contributed by atoms with Crippen molar-refractivity contribution >= 4 is 29.5 Å². The number of alkyl halides is 3. The fourth-order valence-electron chi connectivity index (χ4n) is 3.45. The summed E-state index contributed by atoms with van der Waals surface area (Å²) in [6.45, 7) is 2.76. The van der Waals surface area contributed by atoms with E-state index in [1.165, 1.54) is 47.9 Å². The Balaban J connectivity index is 1.78. The van der Waals surface area contributed by atoms with Crippen LogP contribution in [0.2, 0.25) is 0 Å². The molecule has 0 spiro atoms. The summed E-state index contributed by atoms with van der Waals surface area (Å²) in [6.07, 6.45) is -4.71. The normalized spacial score (nSPS) is 16.9. The molecule has 3 amide bonds. The number of hydrogen-bond acceptors (Lipinski definition) is 5. The van der Waals surface area contributed by atoms with Gasteiger partial charge in [0.25, 0.3) is 5.91 Å². The quantitative estimate of drug-likeness (QED) is 0.569. The summed E-state index contributed by atoms with van der Waals surface area (Å²) in [6, 6.07) is 4.35. The smallest absolute Gasteiger partial charge is 0.348 e. The Kier molecular flexibility index (Phi) is 7.85. The molecule has 2 atom stereocenters. The first-order valence-corrected chi connectivity index (χ1v) is 11.5. The number of aromatic nitrogens is 2. The zero-order chi connectivity index (χ0) is 25.0. The van der Waals surface area contributed by atoms with E-state index >= 15 is 0 Å². The standard InChI is InChI=1S/C21H23F4N5O3S/c1-3-30-16(8-18(28-30)21(23,24)25)19(32)26-9-15(13-4-6-14(22)7-5-13)27-20(33)17-10-34-11-29(17)12(2)31/h4-8,15,17H,3,9-11H2,1-2H3,(H,26,32)(H,27,33)/t15?,17-/m0/s1. The molecule has 2 aromatic rings. The van der Waals surface area contributed by atoms with E-state index in [2.05, 4.69) is 15.7 Å². The lowest BCUT2D eigenvalue weighted by atomic mass is 10.1. The fraction of sp³-hybridized carbons (Fsp3) is 0.429. The summed E-state index contributed by atoms with van der Waals surface area (Å²) in [5.74, 6) is -1.27. The highest BCUT2D eigenvalue weighted by Gasteiger charge is 2.36. The Bertz CT molecular complexity index is 1060. The minimum atomic E-state index is -4.71. The van der Waals surface area contributed by atoms with Crippen molar-refractivity contribution in [1.82, 2.24) is 25.3 Å². The van der Waals surface area contributed by atoms with Gasteiger partial charge < -0.3 is 15.5 Å². The van der Waals surface area contributed by atoms with Crippen LogP contribution in [0.3, 0.4) is 0 Å². The Morgan fingerprint density at radius 3 is 2.50 bits per heavy atom. The molecule has 184 valence electrons. The van der Waals surface area contributed by atoms with E-state index in [9.17, 15) is 31.9 Å². The molecule has 1 aliphatic heterocycles.